The first-order valence-corrected chi connectivity index (χ1v) is 5.10. The van der Waals surface area contributed by atoms with E-state index in [1.165, 1.54) is 19.5 Å². The number of aromatic nitrogens is 2. The molecule has 0 bridgehead atoms. The highest BCUT2D eigenvalue weighted by Gasteiger charge is 2.22. The van der Waals surface area contributed by atoms with E-state index < -0.39 is 17.9 Å². The third kappa shape index (κ3) is 3.82. The van der Waals surface area contributed by atoms with Crippen LogP contribution in [0.3, 0.4) is 0 Å². The molecule has 92 valence electrons. The maximum atomic E-state index is 11.2. The summed E-state index contributed by atoms with van der Waals surface area (Å²) in [4.78, 5) is 30.1. The van der Waals surface area contributed by atoms with Crippen molar-refractivity contribution in [2.75, 3.05) is 7.11 Å². The number of hydrogen-bond acceptors (Lipinski definition) is 5. The van der Waals surface area contributed by atoms with Crippen LogP contribution in [0, 0.1) is 6.92 Å². The van der Waals surface area contributed by atoms with Crippen molar-refractivity contribution < 1.29 is 19.4 Å². The Bertz CT molecular complexity index is 420. The summed E-state index contributed by atoms with van der Waals surface area (Å²) in [6.45, 7) is 1.73. The van der Waals surface area contributed by atoms with Crippen LogP contribution in [0.4, 0.5) is 0 Å². The van der Waals surface area contributed by atoms with Gasteiger partial charge in [-0.2, -0.15) is 0 Å². The molecule has 1 unspecified atom stereocenters. The van der Waals surface area contributed by atoms with Crippen molar-refractivity contribution in [2.24, 2.45) is 0 Å². The van der Waals surface area contributed by atoms with Crippen molar-refractivity contribution in [2.45, 2.75) is 25.7 Å². The fraction of sp³-hybridized carbons (Fsp3) is 0.455. The second kappa shape index (κ2) is 5.93. The zero-order valence-corrected chi connectivity index (χ0v) is 9.71. The molecule has 0 saturated carbocycles. The fourth-order valence-corrected chi connectivity index (χ4v) is 1.58. The molecule has 0 spiro atoms. The lowest BCUT2D eigenvalue weighted by molar-refractivity contribution is -0.141. The summed E-state index contributed by atoms with van der Waals surface area (Å²) in [5.41, 5.74) is 1.16. The summed E-state index contributed by atoms with van der Waals surface area (Å²) >= 11 is 0. The van der Waals surface area contributed by atoms with Crippen molar-refractivity contribution in [3.8, 4) is 0 Å². The van der Waals surface area contributed by atoms with Crippen LogP contribution in [0.5, 0.6) is 0 Å². The predicted octanol–water partition coefficient (Wildman–Crippen LogP) is 0.906. The Balaban J connectivity index is 2.93. The second-order valence-electron chi connectivity index (χ2n) is 3.60. The number of hydrogen-bond donors (Lipinski definition) is 1. The fourth-order valence-electron chi connectivity index (χ4n) is 1.58. The average Bonchev–Trinajstić information content (AvgIpc) is 2.28. The lowest BCUT2D eigenvalue weighted by Crippen LogP contribution is -2.15. The van der Waals surface area contributed by atoms with Gasteiger partial charge >= 0.3 is 11.9 Å². The van der Waals surface area contributed by atoms with Crippen LogP contribution in [-0.2, 0) is 14.3 Å². The Hall–Kier alpha value is -1.98. The molecular weight excluding hydrogens is 224 g/mol. The van der Waals surface area contributed by atoms with E-state index in [1.54, 1.807) is 6.92 Å². The van der Waals surface area contributed by atoms with Gasteiger partial charge in [-0.15, -0.1) is 0 Å². The van der Waals surface area contributed by atoms with Gasteiger partial charge in [0.15, 0.2) is 0 Å². The Morgan fingerprint density at radius 2 is 2.00 bits per heavy atom. The smallest absolute Gasteiger partial charge is 0.306 e. The standard InChI is InChI=1S/C11H14N2O4/c1-7-11(13-4-3-12-7)8(5-9(14)15)6-10(16)17-2/h3-4,8H,5-6H2,1-2H3,(H,14,15). The van der Waals surface area contributed by atoms with Gasteiger partial charge in [0.1, 0.15) is 0 Å². The monoisotopic (exact) mass is 238 g/mol. The molecule has 17 heavy (non-hydrogen) atoms. The molecule has 0 amide bonds. The van der Waals surface area contributed by atoms with E-state index in [2.05, 4.69) is 14.7 Å². The van der Waals surface area contributed by atoms with Crippen molar-refractivity contribution in [3.63, 3.8) is 0 Å². The molecule has 1 aromatic rings. The number of esters is 1. The minimum absolute atomic E-state index is 0.0116. The van der Waals surface area contributed by atoms with Crippen LogP contribution in [-0.4, -0.2) is 34.1 Å². The van der Waals surface area contributed by atoms with Crippen LogP contribution < -0.4 is 0 Å². The molecule has 6 heteroatoms. The lowest BCUT2D eigenvalue weighted by Gasteiger charge is -2.14. The molecule has 0 aliphatic carbocycles. The highest BCUT2D eigenvalue weighted by atomic mass is 16.5. The number of carboxylic acid groups (broad SMARTS) is 1. The molecule has 1 atom stereocenters. The molecule has 0 saturated heterocycles. The van der Waals surface area contributed by atoms with Gasteiger partial charge < -0.3 is 9.84 Å². The van der Waals surface area contributed by atoms with E-state index in [4.69, 9.17) is 5.11 Å². The van der Waals surface area contributed by atoms with E-state index in [9.17, 15) is 9.59 Å². The van der Waals surface area contributed by atoms with Gasteiger partial charge in [0.05, 0.1) is 31.3 Å². The molecule has 0 aliphatic heterocycles. The quantitative estimate of drug-likeness (QED) is 0.767. The number of ether oxygens (including phenoxy) is 1. The minimum Gasteiger partial charge on any atom is -0.481 e. The number of aliphatic carboxylic acids is 1. The maximum Gasteiger partial charge on any atom is 0.306 e. The van der Waals surface area contributed by atoms with E-state index in [0.29, 0.717) is 11.4 Å². The van der Waals surface area contributed by atoms with E-state index in [-0.39, 0.29) is 12.8 Å². The summed E-state index contributed by atoms with van der Waals surface area (Å²) in [6, 6.07) is 0. The Labute approximate surface area is 98.7 Å². The largest absolute Gasteiger partial charge is 0.481 e. The SMILES string of the molecule is COC(=O)CC(CC(=O)O)c1nccnc1C. The predicted molar refractivity (Wildman–Crippen MR) is 58.4 cm³/mol. The molecule has 1 rings (SSSR count). The summed E-state index contributed by atoms with van der Waals surface area (Å²) in [5, 5.41) is 8.82. The number of rotatable bonds is 5. The summed E-state index contributed by atoms with van der Waals surface area (Å²) in [7, 11) is 1.27. The maximum absolute atomic E-state index is 11.2. The molecule has 0 radical (unpaired) electrons. The number of carbonyl (C=O) groups excluding carboxylic acids is 1. The topological polar surface area (TPSA) is 89.4 Å². The van der Waals surface area contributed by atoms with E-state index in [1.807, 2.05) is 0 Å². The molecule has 1 heterocycles. The van der Waals surface area contributed by atoms with Gasteiger partial charge in [0.25, 0.3) is 0 Å². The molecule has 0 fully saturated rings. The number of carbonyl (C=O) groups is 2. The molecule has 1 aromatic heterocycles. The first-order chi connectivity index (χ1) is 8.04. The van der Waals surface area contributed by atoms with Gasteiger partial charge in [-0.1, -0.05) is 0 Å². The third-order valence-electron chi connectivity index (χ3n) is 2.37. The zero-order chi connectivity index (χ0) is 12.8. The Morgan fingerprint density at radius 3 is 2.53 bits per heavy atom. The summed E-state index contributed by atoms with van der Waals surface area (Å²) < 4.78 is 4.54. The lowest BCUT2D eigenvalue weighted by atomic mass is 9.96. The molecule has 0 aliphatic rings. The van der Waals surface area contributed by atoms with Gasteiger partial charge in [0, 0.05) is 18.3 Å². The van der Waals surface area contributed by atoms with E-state index >= 15 is 0 Å². The highest BCUT2D eigenvalue weighted by Crippen LogP contribution is 2.23. The number of nitrogens with zero attached hydrogens (tertiary/aromatic N) is 2. The molecular formula is C11H14N2O4. The van der Waals surface area contributed by atoms with Gasteiger partial charge in [-0.25, -0.2) is 0 Å². The van der Waals surface area contributed by atoms with Gasteiger partial charge in [-0.3, -0.25) is 19.6 Å². The highest BCUT2D eigenvalue weighted by molar-refractivity contribution is 5.73. The second-order valence-corrected chi connectivity index (χ2v) is 3.60. The number of aryl methyl sites for hydroxylation is 1. The van der Waals surface area contributed by atoms with Crippen LogP contribution >= 0.6 is 0 Å². The number of carboxylic acids is 1. The molecule has 0 aromatic carbocycles. The molecule has 1 N–H and O–H groups in total. The Morgan fingerprint density at radius 1 is 1.35 bits per heavy atom. The van der Waals surface area contributed by atoms with E-state index in [0.717, 1.165) is 0 Å². The molecule has 6 nitrogen and oxygen atoms in total. The van der Waals surface area contributed by atoms with Crippen molar-refractivity contribution >= 4 is 11.9 Å². The van der Waals surface area contributed by atoms with Gasteiger partial charge in [0.2, 0.25) is 0 Å². The normalized spacial score (nSPS) is 11.9. The first kappa shape index (κ1) is 13.1. The average molecular weight is 238 g/mol. The van der Waals surface area contributed by atoms with Crippen LogP contribution in [0.2, 0.25) is 0 Å². The minimum atomic E-state index is -0.982. The summed E-state index contributed by atoms with van der Waals surface area (Å²) in [5.74, 6) is -1.95. The zero-order valence-electron chi connectivity index (χ0n) is 9.71. The van der Waals surface area contributed by atoms with Gasteiger partial charge in [-0.05, 0) is 6.92 Å². The van der Waals surface area contributed by atoms with Crippen LogP contribution in [0.15, 0.2) is 12.4 Å². The summed E-state index contributed by atoms with van der Waals surface area (Å²) in [6.07, 6.45) is 2.82. The number of methoxy groups -OCH3 is 1. The van der Waals surface area contributed by atoms with Crippen molar-refractivity contribution in [1.82, 2.24) is 9.97 Å². The Kier molecular flexibility index (Phi) is 4.56. The van der Waals surface area contributed by atoms with Crippen molar-refractivity contribution in [3.05, 3.63) is 23.8 Å². The first-order valence-electron chi connectivity index (χ1n) is 5.10. The van der Waals surface area contributed by atoms with Crippen molar-refractivity contribution in [1.29, 1.82) is 0 Å². The third-order valence-corrected chi connectivity index (χ3v) is 2.37. The van der Waals surface area contributed by atoms with Crippen LogP contribution in [0.1, 0.15) is 30.1 Å². The van der Waals surface area contributed by atoms with Crippen LogP contribution in [0.25, 0.3) is 0 Å².